The zero-order valence-corrected chi connectivity index (χ0v) is 13.6. The Morgan fingerprint density at radius 2 is 1.86 bits per heavy atom. The lowest BCUT2D eigenvalue weighted by atomic mass is 10.1. The molecule has 0 amide bonds. The Balaban J connectivity index is 1.69. The van der Waals surface area contributed by atoms with E-state index in [2.05, 4.69) is 34.3 Å². The molecular weight excluding hydrogens is 282 g/mol. The first-order valence-corrected chi connectivity index (χ1v) is 8.58. The van der Waals surface area contributed by atoms with Gasteiger partial charge in [0, 0.05) is 19.7 Å². The summed E-state index contributed by atoms with van der Waals surface area (Å²) in [5.41, 5.74) is 0. The Morgan fingerprint density at radius 1 is 1.09 bits per heavy atom. The molecule has 3 atom stereocenters. The summed E-state index contributed by atoms with van der Waals surface area (Å²) < 4.78 is 13.8. The molecule has 3 unspecified atom stereocenters. The average Bonchev–Trinajstić information content (AvgIpc) is 3.03. The fraction of sp³-hybridized carbons (Fsp3) is 0.933. The topological polar surface area (TPSA) is 65.3 Å². The molecule has 7 heteroatoms. The maximum absolute atomic E-state index is 6.06. The minimum Gasteiger partial charge on any atom is -0.376 e. The molecule has 0 saturated carbocycles. The SMILES string of the molecule is CCC1CN(c2nnnn2CC2CCCCO2)CC(CC)O1. The van der Waals surface area contributed by atoms with Gasteiger partial charge in [-0.3, -0.25) is 0 Å². The molecular formula is C15H27N5O2. The summed E-state index contributed by atoms with van der Waals surface area (Å²) in [5, 5.41) is 12.3. The lowest BCUT2D eigenvalue weighted by Crippen LogP contribution is -2.48. The third-order valence-electron chi connectivity index (χ3n) is 4.59. The van der Waals surface area contributed by atoms with Crippen LogP contribution in [0.4, 0.5) is 5.95 Å². The van der Waals surface area contributed by atoms with Crippen molar-refractivity contribution in [2.45, 2.75) is 70.8 Å². The van der Waals surface area contributed by atoms with Crippen LogP contribution in [0.3, 0.4) is 0 Å². The van der Waals surface area contributed by atoms with Crippen molar-refractivity contribution in [1.29, 1.82) is 0 Å². The van der Waals surface area contributed by atoms with Crippen LogP contribution < -0.4 is 4.90 Å². The monoisotopic (exact) mass is 309 g/mol. The van der Waals surface area contributed by atoms with Crippen LogP contribution in [-0.4, -0.2) is 58.2 Å². The van der Waals surface area contributed by atoms with Gasteiger partial charge in [0.2, 0.25) is 5.95 Å². The normalized spacial score (nSPS) is 29.7. The van der Waals surface area contributed by atoms with E-state index < -0.39 is 0 Å². The Labute approximate surface area is 131 Å². The lowest BCUT2D eigenvalue weighted by molar-refractivity contribution is -0.0296. The van der Waals surface area contributed by atoms with Crippen molar-refractivity contribution in [2.75, 3.05) is 24.6 Å². The minimum atomic E-state index is 0.237. The zero-order chi connectivity index (χ0) is 15.4. The van der Waals surface area contributed by atoms with E-state index in [0.29, 0.717) is 0 Å². The fourth-order valence-corrected chi connectivity index (χ4v) is 3.23. The predicted molar refractivity (Wildman–Crippen MR) is 82.9 cm³/mol. The van der Waals surface area contributed by atoms with Gasteiger partial charge in [-0.2, -0.15) is 0 Å². The van der Waals surface area contributed by atoms with E-state index in [1.807, 2.05) is 4.68 Å². The molecule has 0 radical (unpaired) electrons. The van der Waals surface area contributed by atoms with Crippen LogP contribution in [0.2, 0.25) is 0 Å². The van der Waals surface area contributed by atoms with Crippen LogP contribution in [0.1, 0.15) is 46.0 Å². The van der Waals surface area contributed by atoms with Crippen molar-refractivity contribution in [2.24, 2.45) is 0 Å². The Hall–Kier alpha value is -1.21. The molecule has 1 aromatic heterocycles. The van der Waals surface area contributed by atoms with Gasteiger partial charge in [0.15, 0.2) is 0 Å². The van der Waals surface area contributed by atoms with Gasteiger partial charge in [-0.05, 0) is 42.5 Å². The molecule has 1 aromatic rings. The maximum Gasteiger partial charge on any atom is 0.245 e. The third-order valence-corrected chi connectivity index (χ3v) is 4.59. The average molecular weight is 309 g/mol. The van der Waals surface area contributed by atoms with Gasteiger partial charge >= 0.3 is 0 Å². The summed E-state index contributed by atoms with van der Waals surface area (Å²) in [4.78, 5) is 2.27. The molecule has 0 aromatic carbocycles. The number of ether oxygens (including phenoxy) is 2. The van der Waals surface area contributed by atoms with E-state index >= 15 is 0 Å². The molecule has 2 aliphatic rings. The van der Waals surface area contributed by atoms with Crippen LogP contribution in [0.5, 0.6) is 0 Å². The summed E-state index contributed by atoms with van der Waals surface area (Å²) in [6.45, 7) is 7.65. The number of hydrogen-bond donors (Lipinski definition) is 0. The molecule has 3 heterocycles. The van der Waals surface area contributed by atoms with Crippen molar-refractivity contribution in [3.05, 3.63) is 0 Å². The second-order valence-corrected chi connectivity index (χ2v) is 6.25. The minimum absolute atomic E-state index is 0.237. The number of tetrazole rings is 1. The first kappa shape index (κ1) is 15.7. The van der Waals surface area contributed by atoms with Gasteiger partial charge in [-0.1, -0.05) is 18.9 Å². The number of morpholine rings is 1. The van der Waals surface area contributed by atoms with Crippen LogP contribution in [0.15, 0.2) is 0 Å². The third kappa shape index (κ3) is 3.57. The molecule has 2 aliphatic heterocycles. The van der Waals surface area contributed by atoms with Crippen molar-refractivity contribution in [3.63, 3.8) is 0 Å². The second-order valence-electron chi connectivity index (χ2n) is 6.25. The quantitative estimate of drug-likeness (QED) is 0.824. The van der Waals surface area contributed by atoms with E-state index in [9.17, 15) is 0 Å². The highest BCUT2D eigenvalue weighted by Gasteiger charge is 2.29. The van der Waals surface area contributed by atoms with E-state index in [-0.39, 0.29) is 18.3 Å². The number of hydrogen-bond acceptors (Lipinski definition) is 6. The summed E-state index contributed by atoms with van der Waals surface area (Å²) >= 11 is 0. The first-order valence-electron chi connectivity index (χ1n) is 8.58. The number of nitrogens with zero attached hydrogens (tertiary/aromatic N) is 5. The molecule has 7 nitrogen and oxygen atoms in total. The molecule has 0 aliphatic carbocycles. The number of aromatic nitrogens is 4. The Kier molecular flexibility index (Phi) is 5.25. The standard InChI is InChI=1S/C15H27N5O2/c1-3-12-9-19(10-13(4-2)22-12)15-16-17-18-20(15)11-14-7-5-6-8-21-14/h12-14H,3-11H2,1-2H3. The number of anilines is 1. The van der Waals surface area contributed by atoms with E-state index in [1.54, 1.807) is 0 Å². The zero-order valence-electron chi connectivity index (χ0n) is 13.6. The summed E-state index contributed by atoms with van der Waals surface area (Å²) in [6, 6.07) is 0. The van der Waals surface area contributed by atoms with E-state index in [1.165, 1.54) is 12.8 Å². The maximum atomic E-state index is 6.06. The van der Waals surface area contributed by atoms with Crippen molar-refractivity contribution < 1.29 is 9.47 Å². The molecule has 0 spiro atoms. The molecule has 124 valence electrons. The van der Waals surface area contributed by atoms with Crippen molar-refractivity contribution in [1.82, 2.24) is 20.2 Å². The Bertz CT molecular complexity index is 449. The van der Waals surface area contributed by atoms with Gasteiger partial charge in [-0.25, -0.2) is 4.68 Å². The van der Waals surface area contributed by atoms with Gasteiger partial charge in [0.25, 0.3) is 0 Å². The summed E-state index contributed by atoms with van der Waals surface area (Å²) in [5.74, 6) is 0.856. The van der Waals surface area contributed by atoms with Gasteiger partial charge in [0.1, 0.15) is 0 Å². The summed E-state index contributed by atoms with van der Waals surface area (Å²) in [7, 11) is 0. The highest BCUT2D eigenvalue weighted by molar-refractivity contribution is 5.29. The summed E-state index contributed by atoms with van der Waals surface area (Å²) in [6.07, 6.45) is 6.28. The van der Waals surface area contributed by atoms with Crippen LogP contribution >= 0.6 is 0 Å². The molecule has 2 saturated heterocycles. The molecule has 3 rings (SSSR count). The van der Waals surface area contributed by atoms with E-state index in [0.717, 1.165) is 51.5 Å². The molecule has 2 fully saturated rings. The number of rotatable bonds is 5. The van der Waals surface area contributed by atoms with Crippen LogP contribution in [0, 0.1) is 0 Å². The predicted octanol–water partition coefficient (Wildman–Crippen LogP) is 1.64. The smallest absolute Gasteiger partial charge is 0.245 e. The van der Waals surface area contributed by atoms with Gasteiger partial charge in [-0.15, -0.1) is 0 Å². The van der Waals surface area contributed by atoms with Crippen LogP contribution in [-0.2, 0) is 16.0 Å². The van der Waals surface area contributed by atoms with Crippen molar-refractivity contribution >= 4 is 5.95 Å². The van der Waals surface area contributed by atoms with Gasteiger partial charge < -0.3 is 14.4 Å². The lowest BCUT2D eigenvalue weighted by Gasteiger charge is -2.37. The largest absolute Gasteiger partial charge is 0.376 e. The van der Waals surface area contributed by atoms with E-state index in [4.69, 9.17) is 9.47 Å². The van der Waals surface area contributed by atoms with Crippen LogP contribution in [0.25, 0.3) is 0 Å². The highest BCUT2D eigenvalue weighted by atomic mass is 16.5. The van der Waals surface area contributed by atoms with Crippen molar-refractivity contribution in [3.8, 4) is 0 Å². The second kappa shape index (κ2) is 7.37. The molecule has 22 heavy (non-hydrogen) atoms. The molecule has 0 N–H and O–H groups in total. The highest BCUT2D eigenvalue weighted by Crippen LogP contribution is 2.22. The first-order chi connectivity index (χ1) is 10.8. The van der Waals surface area contributed by atoms with Gasteiger partial charge in [0.05, 0.1) is 24.9 Å². The molecule has 0 bridgehead atoms. The fourth-order valence-electron chi connectivity index (χ4n) is 3.23. The Morgan fingerprint density at radius 3 is 2.50 bits per heavy atom.